The average Bonchev–Trinajstić information content (AvgIpc) is 2.36. The van der Waals surface area contributed by atoms with E-state index in [0.717, 1.165) is 11.1 Å². The van der Waals surface area contributed by atoms with Gasteiger partial charge in [-0.05, 0) is 48.4 Å². The van der Waals surface area contributed by atoms with E-state index in [0.29, 0.717) is 21.4 Å². The van der Waals surface area contributed by atoms with Crippen LogP contribution >= 0.6 is 11.6 Å². The number of nitrogen functional groups attached to an aromatic ring is 1. The standard InChI is InChI=1S/C14H13ClFNOS/c1-9-6-11(16)3-2-10(9)8-19(18)12-4-5-14(17)13(15)7-12/h2-7H,8,17H2,1H3. The van der Waals surface area contributed by atoms with E-state index >= 15 is 0 Å². The van der Waals surface area contributed by atoms with Crippen LogP contribution in [-0.4, -0.2) is 4.21 Å². The Labute approximate surface area is 118 Å². The monoisotopic (exact) mass is 297 g/mol. The molecule has 2 aromatic carbocycles. The number of halogens is 2. The van der Waals surface area contributed by atoms with E-state index in [2.05, 4.69) is 0 Å². The summed E-state index contributed by atoms with van der Waals surface area (Å²) in [5, 5.41) is 0.390. The van der Waals surface area contributed by atoms with Crippen molar-refractivity contribution in [1.29, 1.82) is 0 Å². The van der Waals surface area contributed by atoms with Gasteiger partial charge in [-0.1, -0.05) is 17.7 Å². The van der Waals surface area contributed by atoms with E-state index in [4.69, 9.17) is 17.3 Å². The molecule has 19 heavy (non-hydrogen) atoms. The number of hydrogen-bond acceptors (Lipinski definition) is 2. The molecule has 1 atom stereocenters. The van der Waals surface area contributed by atoms with Gasteiger partial charge in [-0.2, -0.15) is 0 Å². The Balaban J connectivity index is 2.23. The molecule has 0 aromatic heterocycles. The lowest BCUT2D eigenvalue weighted by molar-refractivity contribution is 0.626. The van der Waals surface area contributed by atoms with Crippen LogP contribution in [0.2, 0.25) is 5.02 Å². The highest BCUT2D eigenvalue weighted by Gasteiger charge is 2.09. The first-order valence-corrected chi connectivity index (χ1v) is 7.35. The van der Waals surface area contributed by atoms with Gasteiger partial charge in [0.2, 0.25) is 0 Å². The van der Waals surface area contributed by atoms with E-state index in [9.17, 15) is 8.60 Å². The van der Waals surface area contributed by atoms with Gasteiger partial charge < -0.3 is 5.73 Å². The zero-order valence-electron chi connectivity index (χ0n) is 10.3. The van der Waals surface area contributed by atoms with Crippen molar-refractivity contribution in [3.8, 4) is 0 Å². The van der Waals surface area contributed by atoms with Gasteiger partial charge in [-0.15, -0.1) is 0 Å². The molecule has 2 rings (SSSR count). The molecule has 0 aliphatic rings. The van der Waals surface area contributed by atoms with Crippen molar-refractivity contribution in [1.82, 2.24) is 0 Å². The number of rotatable bonds is 3. The van der Waals surface area contributed by atoms with Gasteiger partial charge in [0.05, 0.1) is 27.3 Å². The molecule has 0 amide bonds. The van der Waals surface area contributed by atoms with Gasteiger partial charge >= 0.3 is 0 Å². The first-order chi connectivity index (χ1) is 8.97. The van der Waals surface area contributed by atoms with Crippen LogP contribution in [0.4, 0.5) is 10.1 Å². The summed E-state index contributed by atoms with van der Waals surface area (Å²) in [4.78, 5) is 0.614. The van der Waals surface area contributed by atoms with Crippen molar-refractivity contribution in [2.24, 2.45) is 0 Å². The van der Waals surface area contributed by atoms with Crippen LogP contribution in [-0.2, 0) is 16.6 Å². The van der Waals surface area contributed by atoms with Crippen molar-refractivity contribution in [3.63, 3.8) is 0 Å². The van der Waals surface area contributed by atoms with Crippen LogP contribution in [0.3, 0.4) is 0 Å². The first kappa shape index (κ1) is 14.0. The van der Waals surface area contributed by atoms with Crippen LogP contribution in [0, 0.1) is 12.7 Å². The maximum absolute atomic E-state index is 13.0. The van der Waals surface area contributed by atoms with E-state index in [1.165, 1.54) is 12.1 Å². The molecule has 2 aromatic rings. The summed E-state index contributed by atoms with van der Waals surface area (Å²) in [6.45, 7) is 1.80. The third kappa shape index (κ3) is 3.33. The fourth-order valence-electron chi connectivity index (χ4n) is 1.70. The fraction of sp³-hybridized carbons (Fsp3) is 0.143. The molecule has 0 heterocycles. The van der Waals surface area contributed by atoms with Crippen molar-refractivity contribution < 1.29 is 8.60 Å². The summed E-state index contributed by atoms with van der Waals surface area (Å²) < 4.78 is 25.2. The molecule has 0 fully saturated rings. The molecule has 2 nitrogen and oxygen atoms in total. The van der Waals surface area contributed by atoms with Crippen LogP contribution in [0.15, 0.2) is 41.3 Å². The predicted molar refractivity (Wildman–Crippen MR) is 77.1 cm³/mol. The number of aryl methyl sites for hydroxylation is 1. The van der Waals surface area contributed by atoms with Crippen molar-refractivity contribution in [2.75, 3.05) is 5.73 Å². The Morgan fingerprint density at radius 1 is 1.26 bits per heavy atom. The number of benzene rings is 2. The minimum Gasteiger partial charge on any atom is -0.398 e. The molecular weight excluding hydrogens is 285 g/mol. The largest absolute Gasteiger partial charge is 0.398 e. The lowest BCUT2D eigenvalue weighted by atomic mass is 10.1. The van der Waals surface area contributed by atoms with Crippen LogP contribution < -0.4 is 5.73 Å². The van der Waals surface area contributed by atoms with Crippen LogP contribution in [0.25, 0.3) is 0 Å². The number of anilines is 1. The lowest BCUT2D eigenvalue weighted by Gasteiger charge is -2.07. The molecule has 0 saturated heterocycles. The summed E-state index contributed by atoms with van der Waals surface area (Å²) in [5.74, 6) is 0.0365. The lowest BCUT2D eigenvalue weighted by Crippen LogP contribution is -1.99. The SMILES string of the molecule is Cc1cc(F)ccc1CS(=O)c1ccc(N)c(Cl)c1. The van der Waals surface area contributed by atoms with E-state index < -0.39 is 10.8 Å². The summed E-state index contributed by atoms with van der Waals surface area (Å²) >= 11 is 5.90. The Kier molecular flexibility index (Phi) is 4.22. The van der Waals surface area contributed by atoms with Crippen molar-refractivity contribution in [3.05, 3.63) is 58.4 Å². The topological polar surface area (TPSA) is 43.1 Å². The Bertz CT molecular complexity index is 645. The minimum absolute atomic E-state index is 0.289. The third-order valence-corrected chi connectivity index (χ3v) is 4.51. The molecule has 5 heteroatoms. The first-order valence-electron chi connectivity index (χ1n) is 5.66. The van der Waals surface area contributed by atoms with E-state index in [-0.39, 0.29) is 5.82 Å². The van der Waals surface area contributed by atoms with Gasteiger partial charge in [0.1, 0.15) is 5.82 Å². The molecule has 2 N–H and O–H groups in total. The fourth-order valence-corrected chi connectivity index (χ4v) is 3.18. The molecule has 0 spiro atoms. The summed E-state index contributed by atoms with van der Waals surface area (Å²) in [6.07, 6.45) is 0. The van der Waals surface area contributed by atoms with Crippen LogP contribution in [0.1, 0.15) is 11.1 Å². The highest BCUT2D eigenvalue weighted by atomic mass is 35.5. The average molecular weight is 298 g/mol. The Morgan fingerprint density at radius 2 is 2.00 bits per heavy atom. The molecule has 0 bridgehead atoms. The highest BCUT2D eigenvalue weighted by molar-refractivity contribution is 7.84. The maximum atomic E-state index is 13.0. The normalized spacial score (nSPS) is 12.4. The Hall–Kier alpha value is -1.39. The second kappa shape index (κ2) is 5.72. The molecule has 0 saturated carbocycles. The highest BCUT2D eigenvalue weighted by Crippen LogP contribution is 2.23. The minimum atomic E-state index is -1.23. The molecule has 100 valence electrons. The summed E-state index contributed by atoms with van der Waals surface area (Å²) in [7, 11) is -1.23. The van der Waals surface area contributed by atoms with Crippen molar-refractivity contribution >= 4 is 28.1 Å². The zero-order valence-corrected chi connectivity index (χ0v) is 11.9. The molecule has 0 radical (unpaired) electrons. The van der Waals surface area contributed by atoms with Crippen LogP contribution in [0.5, 0.6) is 0 Å². The van der Waals surface area contributed by atoms with E-state index in [1.54, 1.807) is 31.2 Å². The molecule has 1 unspecified atom stereocenters. The predicted octanol–water partition coefficient (Wildman–Crippen LogP) is 3.68. The van der Waals surface area contributed by atoms with Gasteiger partial charge in [0, 0.05) is 4.90 Å². The molecule has 0 aliphatic carbocycles. The quantitative estimate of drug-likeness (QED) is 0.878. The van der Waals surface area contributed by atoms with Gasteiger partial charge in [-0.3, -0.25) is 4.21 Å². The molecule has 0 aliphatic heterocycles. The smallest absolute Gasteiger partial charge is 0.123 e. The maximum Gasteiger partial charge on any atom is 0.123 e. The summed E-state index contributed by atoms with van der Waals surface area (Å²) in [6, 6.07) is 9.38. The Morgan fingerprint density at radius 3 is 2.63 bits per heavy atom. The van der Waals surface area contributed by atoms with E-state index in [1.807, 2.05) is 0 Å². The van der Waals surface area contributed by atoms with Crippen molar-refractivity contribution in [2.45, 2.75) is 17.6 Å². The number of nitrogens with two attached hydrogens (primary N) is 1. The zero-order chi connectivity index (χ0) is 14.0. The number of hydrogen-bond donors (Lipinski definition) is 1. The van der Waals surface area contributed by atoms with Gasteiger partial charge in [0.25, 0.3) is 0 Å². The summed E-state index contributed by atoms with van der Waals surface area (Å²) in [5.41, 5.74) is 7.71. The second-order valence-corrected chi connectivity index (χ2v) is 6.10. The van der Waals surface area contributed by atoms with Gasteiger partial charge in [-0.25, -0.2) is 4.39 Å². The third-order valence-electron chi connectivity index (χ3n) is 2.83. The second-order valence-electron chi connectivity index (χ2n) is 4.24. The van der Waals surface area contributed by atoms with Gasteiger partial charge in [0.15, 0.2) is 0 Å². The molecular formula is C14H13ClFNOS.